The summed E-state index contributed by atoms with van der Waals surface area (Å²) in [5.74, 6) is 0.213. The average molecular weight is 333 g/mol. The zero-order chi connectivity index (χ0) is 16.7. The van der Waals surface area contributed by atoms with Crippen molar-refractivity contribution in [3.05, 3.63) is 33.0 Å². The number of carbonyl (C=O) groups is 2. The van der Waals surface area contributed by atoms with E-state index in [-0.39, 0.29) is 5.91 Å². The second-order valence-electron chi connectivity index (χ2n) is 6.07. The molecule has 0 aliphatic heterocycles. The van der Waals surface area contributed by atoms with E-state index in [9.17, 15) is 9.59 Å². The van der Waals surface area contributed by atoms with Gasteiger partial charge >= 0.3 is 0 Å². The summed E-state index contributed by atoms with van der Waals surface area (Å²) in [4.78, 5) is 25.5. The molecule has 122 valence electrons. The number of rotatable bonds is 3. The Balaban J connectivity index is 1.97. The number of nitrogens with two attached hydrogens (primary N) is 1. The van der Waals surface area contributed by atoms with Crippen molar-refractivity contribution >= 4 is 28.2 Å². The van der Waals surface area contributed by atoms with Crippen molar-refractivity contribution in [2.24, 2.45) is 11.7 Å². The van der Waals surface area contributed by atoms with E-state index in [1.165, 1.54) is 11.3 Å². The standard InChI is InChI=1S/C16H19N3O3S/c1-7-4-5-10-11(6-7)23-16(13(10)14(17)20)18-15(21)12-8(2)19-22-9(12)3/h7H,4-6H2,1-3H3,(H2,17,20)(H,18,21)/t7-/m0/s1. The van der Waals surface area contributed by atoms with Gasteiger partial charge in [0.05, 0.1) is 11.3 Å². The van der Waals surface area contributed by atoms with E-state index in [1.807, 2.05) is 0 Å². The van der Waals surface area contributed by atoms with Crippen molar-refractivity contribution in [1.29, 1.82) is 0 Å². The minimum atomic E-state index is -0.494. The predicted molar refractivity (Wildman–Crippen MR) is 88.0 cm³/mol. The van der Waals surface area contributed by atoms with Crippen LogP contribution >= 0.6 is 11.3 Å². The molecule has 23 heavy (non-hydrogen) atoms. The fraction of sp³-hybridized carbons (Fsp3) is 0.438. The molecule has 0 bridgehead atoms. The highest BCUT2D eigenvalue weighted by molar-refractivity contribution is 7.17. The van der Waals surface area contributed by atoms with Gasteiger partial charge in [0.2, 0.25) is 0 Å². The zero-order valence-corrected chi connectivity index (χ0v) is 14.2. The lowest BCUT2D eigenvalue weighted by molar-refractivity contribution is 0.1000. The van der Waals surface area contributed by atoms with E-state index < -0.39 is 5.91 Å². The fourth-order valence-corrected chi connectivity index (χ4v) is 4.48. The number of thiophene rings is 1. The molecule has 0 saturated heterocycles. The van der Waals surface area contributed by atoms with Gasteiger partial charge in [-0.1, -0.05) is 12.1 Å². The normalized spacial score (nSPS) is 16.9. The number of amides is 2. The molecule has 3 rings (SSSR count). The first-order chi connectivity index (χ1) is 10.9. The number of fused-ring (bicyclic) bond motifs is 1. The predicted octanol–water partition coefficient (Wildman–Crippen LogP) is 2.83. The van der Waals surface area contributed by atoms with Crippen LogP contribution < -0.4 is 11.1 Å². The topological polar surface area (TPSA) is 98.2 Å². The molecule has 0 fully saturated rings. The summed E-state index contributed by atoms with van der Waals surface area (Å²) >= 11 is 1.45. The van der Waals surface area contributed by atoms with Gasteiger partial charge in [-0.25, -0.2) is 0 Å². The van der Waals surface area contributed by atoms with E-state index in [4.69, 9.17) is 10.3 Å². The molecule has 7 heteroatoms. The quantitative estimate of drug-likeness (QED) is 0.902. The number of hydrogen-bond acceptors (Lipinski definition) is 5. The minimum Gasteiger partial charge on any atom is -0.365 e. The van der Waals surface area contributed by atoms with Crippen molar-refractivity contribution in [2.45, 2.75) is 40.0 Å². The Labute approximate surface area is 138 Å². The summed E-state index contributed by atoms with van der Waals surface area (Å²) in [6, 6.07) is 0. The van der Waals surface area contributed by atoms with Gasteiger partial charge in [0.25, 0.3) is 11.8 Å². The Hall–Kier alpha value is -2.15. The lowest BCUT2D eigenvalue weighted by Gasteiger charge is -2.18. The van der Waals surface area contributed by atoms with Crippen LogP contribution in [-0.4, -0.2) is 17.0 Å². The lowest BCUT2D eigenvalue weighted by Crippen LogP contribution is -2.19. The van der Waals surface area contributed by atoms with Gasteiger partial charge in [0.15, 0.2) is 0 Å². The molecule has 1 aliphatic carbocycles. The molecule has 0 aromatic carbocycles. The Morgan fingerprint density at radius 1 is 1.35 bits per heavy atom. The van der Waals surface area contributed by atoms with Crippen LogP contribution in [0.3, 0.4) is 0 Å². The van der Waals surface area contributed by atoms with Crippen molar-refractivity contribution in [1.82, 2.24) is 5.16 Å². The summed E-state index contributed by atoms with van der Waals surface area (Å²) in [5.41, 5.74) is 7.93. The van der Waals surface area contributed by atoms with Crippen molar-refractivity contribution in [2.75, 3.05) is 5.32 Å². The monoisotopic (exact) mass is 333 g/mol. The molecule has 2 amide bonds. The number of nitrogens with zero attached hydrogens (tertiary/aromatic N) is 1. The smallest absolute Gasteiger partial charge is 0.261 e. The van der Waals surface area contributed by atoms with E-state index >= 15 is 0 Å². The molecular formula is C16H19N3O3S. The van der Waals surface area contributed by atoms with Gasteiger partial charge in [0.1, 0.15) is 16.3 Å². The molecule has 6 nitrogen and oxygen atoms in total. The van der Waals surface area contributed by atoms with Crippen LogP contribution in [0.5, 0.6) is 0 Å². The molecule has 3 N–H and O–H groups in total. The molecular weight excluding hydrogens is 314 g/mol. The molecule has 2 aromatic rings. The third-order valence-corrected chi connectivity index (χ3v) is 5.42. The summed E-state index contributed by atoms with van der Waals surface area (Å²) in [6.45, 7) is 5.58. The fourth-order valence-electron chi connectivity index (χ4n) is 3.07. The number of aryl methyl sites for hydroxylation is 2. The number of nitrogens with one attached hydrogen (secondary N) is 1. The van der Waals surface area contributed by atoms with E-state index in [0.29, 0.717) is 33.5 Å². The highest BCUT2D eigenvalue weighted by Crippen LogP contribution is 2.39. The minimum absolute atomic E-state index is 0.324. The lowest BCUT2D eigenvalue weighted by atomic mass is 9.88. The van der Waals surface area contributed by atoms with Crippen LogP contribution in [0.4, 0.5) is 5.00 Å². The van der Waals surface area contributed by atoms with Crippen LogP contribution in [0.1, 0.15) is 56.0 Å². The van der Waals surface area contributed by atoms with E-state index in [1.54, 1.807) is 13.8 Å². The third kappa shape index (κ3) is 2.76. The van der Waals surface area contributed by atoms with Crippen molar-refractivity contribution in [3.8, 4) is 0 Å². The largest absolute Gasteiger partial charge is 0.365 e. The number of aromatic nitrogens is 1. The van der Waals surface area contributed by atoms with Gasteiger partial charge in [-0.15, -0.1) is 11.3 Å². The summed E-state index contributed by atoms with van der Waals surface area (Å²) < 4.78 is 5.03. The van der Waals surface area contributed by atoms with E-state index in [0.717, 1.165) is 29.7 Å². The van der Waals surface area contributed by atoms with Gasteiger partial charge in [-0.3, -0.25) is 9.59 Å². The van der Waals surface area contributed by atoms with Crippen LogP contribution in [0.2, 0.25) is 0 Å². The summed E-state index contributed by atoms with van der Waals surface area (Å²) in [6.07, 6.45) is 2.77. The van der Waals surface area contributed by atoms with Gasteiger partial charge in [-0.2, -0.15) is 0 Å². The first-order valence-electron chi connectivity index (χ1n) is 7.57. The first-order valence-corrected chi connectivity index (χ1v) is 8.38. The van der Waals surface area contributed by atoms with Gasteiger partial charge in [-0.05, 0) is 44.6 Å². The number of carbonyl (C=O) groups excluding carboxylic acids is 2. The Morgan fingerprint density at radius 2 is 2.09 bits per heavy atom. The number of primary amides is 1. The molecule has 0 spiro atoms. The van der Waals surface area contributed by atoms with Crippen molar-refractivity contribution in [3.63, 3.8) is 0 Å². The Morgan fingerprint density at radius 3 is 2.70 bits per heavy atom. The van der Waals surface area contributed by atoms with Crippen LogP contribution in [0.15, 0.2) is 4.52 Å². The highest BCUT2D eigenvalue weighted by atomic mass is 32.1. The molecule has 0 saturated carbocycles. The summed E-state index contributed by atoms with van der Waals surface area (Å²) in [7, 11) is 0. The maximum absolute atomic E-state index is 12.5. The number of anilines is 1. The highest BCUT2D eigenvalue weighted by Gasteiger charge is 2.28. The molecule has 2 heterocycles. The zero-order valence-electron chi connectivity index (χ0n) is 13.4. The first kappa shape index (κ1) is 15.7. The molecule has 0 radical (unpaired) electrons. The molecule has 2 aromatic heterocycles. The van der Waals surface area contributed by atoms with Gasteiger partial charge < -0.3 is 15.6 Å². The maximum Gasteiger partial charge on any atom is 0.261 e. The van der Waals surface area contributed by atoms with E-state index in [2.05, 4.69) is 17.4 Å². The third-order valence-electron chi connectivity index (χ3n) is 4.25. The van der Waals surface area contributed by atoms with Crippen LogP contribution in [0.25, 0.3) is 0 Å². The van der Waals surface area contributed by atoms with Gasteiger partial charge in [0, 0.05) is 4.88 Å². The van der Waals surface area contributed by atoms with Crippen LogP contribution in [0, 0.1) is 19.8 Å². The second-order valence-corrected chi connectivity index (χ2v) is 7.18. The molecule has 1 atom stereocenters. The number of hydrogen-bond donors (Lipinski definition) is 2. The van der Waals surface area contributed by atoms with Crippen LogP contribution in [-0.2, 0) is 12.8 Å². The molecule has 0 unspecified atom stereocenters. The second kappa shape index (κ2) is 5.81. The maximum atomic E-state index is 12.5. The Bertz CT molecular complexity index is 771. The Kier molecular flexibility index (Phi) is 3.97. The molecule has 1 aliphatic rings. The summed E-state index contributed by atoms with van der Waals surface area (Å²) in [5, 5.41) is 7.14. The average Bonchev–Trinajstić information content (AvgIpc) is 2.98. The SMILES string of the molecule is Cc1noc(C)c1C(=O)Nc1sc2c(c1C(N)=O)CC[C@H](C)C2. The van der Waals surface area contributed by atoms with Crippen molar-refractivity contribution < 1.29 is 14.1 Å².